The highest BCUT2D eigenvalue weighted by molar-refractivity contribution is 5.50. The minimum absolute atomic E-state index is 0.282. The van der Waals surface area contributed by atoms with E-state index >= 15 is 0 Å². The van der Waals surface area contributed by atoms with Crippen LogP contribution in [0.3, 0.4) is 0 Å². The number of nitrogens with zero attached hydrogens (tertiary/aromatic N) is 3. The highest BCUT2D eigenvalue weighted by atomic mass is 19.1. The summed E-state index contributed by atoms with van der Waals surface area (Å²) in [6.45, 7) is 7.33. The molecule has 4 rings (SSSR count). The molecule has 0 spiro atoms. The molecule has 30 heavy (non-hydrogen) atoms. The van der Waals surface area contributed by atoms with Gasteiger partial charge in [0.05, 0.1) is 27.1 Å². The van der Waals surface area contributed by atoms with Crippen LogP contribution >= 0.6 is 0 Å². The van der Waals surface area contributed by atoms with E-state index in [2.05, 4.69) is 26.9 Å². The van der Waals surface area contributed by atoms with Crippen LogP contribution in [0, 0.1) is 11.7 Å². The largest absolute Gasteiger partial charge is 0.494 e. The second-order valence-electron chi connectivity index (χ2n) is 9.41. The fraction of sp³-hybridized carbons (Fsp3) is 0.750. The second-order valence-corrected chi connectivity index (χ2v) is 9.41. The Morgan fingerprint density at radius 1 is 1.10 bits per heavy atom. The zero-order valence-corrected chi connectivity index (χ0v) is 18.8. The summed E-state index contributed by atoms with van der Waals surface area (Å²) in [4.78, 5) is 7.56. The molecule has 1 aromatic rings. The maximum Gasteiger partial charge on any atom is 0.167 e. The van der Waals surface area contributed by atoms with E-state index in [-0.39, 0.29) is 5.82 Å². The van der Waals surface area contributed by atoms with Gasteiger partial charge in [0.25, 0.3) is 0 Å². The molecule has 5 nitrogen and oxygen atoms in total. The maximum atomic E-state index is 14.5. The third-order valence-electron chi connectivity index (χ3n) is 7.30. The molecule has 3 fully saturated rings. The highest BCUT2D eigenvalue weighted by Crippen LogP contribution is 2.30. The average Bonchev–Trinajstić information content (AvgIpc) is 3.29. The Bertz CT molecular complexity index is 675. The molecule has 0 radical (unpaired) electrons. The number of methoxy groups -OCH3 is 1. The van der Waals surface area contributed by atoms with Crippen molar-refractivity contribution in [3.8, 4) is 5.75 Å². The average molecular weight is 419 g/mol. The first-order chi connectivity index (χ1) is 14.7. The van der Waals surface area contributed by atoms with Gasteiger partial charge >= 0.3 is 0 Å². The lowest BCUT2D eigenvalue weighted by Crippen LogP contribution is -2.61. The van der Waals surface area contributed by atoms with Gasteiger partial charge in [-0.15, -0.1) is 0 Å². The van der Waals surface area contributed by atoms with Gasteiger partial charge in [0, 0.05) is 30.4 Å². The third-order valence-corrected chi connectivity index (χ3v) is 7.30. The number of anilines is 1. The van der Waals surface area contributed by atoms with E-state index in [1.807, 2.05) is 6.07 Å². The van der Waals surface area contributed by atoms with Gasteiger partial charge < -0.3 is 15.0 Å². The molecule has 2 aliphatic heterocycles. The Hall–Kier alpha value is -1.37. The van der Waals surface area contributed by atoms with E-state index in [0.29, 0.717) is 17.8 Å². The normalized spacial score (nSPS) is 25.6. The maximum absolute atomic E-state index is 14.5. The van der Waals surface area contributed by atoms with Crippen LogP contribution in [0.25, 0.3) is 0 Å². The van der Waals surface area contributed by atoms with Crippen molar-refractivity contribution in [1.82, 2.24) is 15.1 Å². The molecule has 1 aliphatic carbocycles. The molecule has 2 atom stereocenters. The number of rotatable bonds is 7. The lowest BCUT2D eigenvalue weighted by Gasteiger charge is -2.48. The van der Waals surface area contributed by atoms with E-state index in [1.165, 1.54) is 52.1 Å². The van der Waals surface area contributed by atoms with Crippen molar-refractivity contribution in [3.05, 3.63) is 24.0 Å². The molecular weight excluding hydrogens is 379 g/mol. The van der Waals surface area contributed by atoms with Crippen molar-refractivity contribution >= 4 is 5.69 Å². The Labute approximate surface area is 181 Å². The molecule has 1 saturated carbocycles. The number of ether oxygens (including phenoxy) is 1. The summed E-state index contributed by atoms with van der Waals surface area (Å²) in [5.74, 6) is 0.835. The smallest absolute Gasteiger partial charge is 0.167 e. The van der Waals surface area contributed by atoms with Crippen molar-refractivity contribution in [2.75, 3.05) is 45.1 Å². The summed E-state index contributed by atoms with van der Waals surface area (Å²) in [6.07, 6.45) is 10.5. The van der Waals surface area contributed by atoms with Crippen molar-refractivity contribution in [1.29, 1.82) is 0 Å². The van der Waals surface area contributed by atoms with Crippen molar-refractivity contribution in [3.63, 3.8) is 0 Å². The third kappa shape index (κ3) is 5.09. The van der Waals surface area contributed by atoms with E-state index in [0.717, 1.165) is 51.1 Å². The summed E-state index contributed by atoms with van der Waals surface area (Å²) >= 11 is 0. The first-order valence-corrected chi connectivity index (χ1v) is 12.0. The van der Waals surface area contributed by atoms with Gasteiger partial charge in [-0.3, -0.25) is 9.80 Å². The molecule has 0 amide bonds. The molecule has 0 aromatic heterocycles. The van der Waals surface area contributed by atoms with Gasteiger partial charge in [-0.05, 0) is 56.7 Å². The minimum atomic E-state index is -0.282. The van der Waals surface area contributed by atoms with E-state index < -0.39 is 0 Å². The molecule has 2 saturated heterocycles. The van der Waals surface area contributed by atoms with Crippen LogP contribution in [-0.4, -0.2) is 62.1 Å². The topological polar surface area (TPSA) is 31.0 Å². The summed E-state index contributed by atoms with van der Waals surface area (Å²) in [5, 5.41) is 3.72. The molecule has 2 heterocycles. The minimum Gasteiger partial charge on any atom is -0.494 e. The number of halogens is 1. The Balaban J connectivity index is 1.52. The number of hydrogen-bond donors (Lipinski definition) is 1. The first kappa shape index (κ1) is 21.8. The van der Waals surface area contributed by atoms with Gasteiger partial charge in [0.2, 0.25) is 0 Å². The van der Waals surface area contributed by atoms with Crippen molar-refractivity contribution in [2.24, 2.45) is 5.92 Å². The fourth-order valence-electron chi connectivity index (χ4n) is 5.76. The van der Waals surface area contributed by atoms with Gasteiger partial charge in [-0.1, -0.05) is 26.2 Å². The zero-order valence-electron chi connectivity index (χ0n) is 18.8. The lowest BCUT2D eigenvalue weighted by atomic mass is 9.89. The molecule has 1 aromatic carbocycles. The predicted molar refractivity (Wildman–Crippen MR) is 120 cm³/mol. The fourth-order valence-corrected chi connectivity index (χ4v) is 5.76. The van der Waals surface area contributed by atoms with E-state index in [9.17, 15) is 4.39 Å². The standard InChI is InChI=1S/C24H39FN4O/c1-3-23(22-10-7-13-26-22)29-17-27(15-19-8-5-4-6-9-19)16-28(18-29)20-11-12-24(30-2)21(25)14-20/h11-12,14,19,22-23,26H,3-10,13,15-18H2,1-2H3. The SMILES string of the molecule is CCC(C1CCCN1)N1CN(CC2CCCCC2)CN(c2ccc(OC)c(F)c2)C1. The molecule has 168 valence electrons. The summed E-state index contributed by atoms with van der Waals surface area (Å²) in [6, 6.07) is 6.48. The van der Waals surface area contributed by atoms with E-state index in [4.69, 9.17) is 4.74 Å². The van der Waals surface area contributed by atoms with E-state index in [1.54, 1.807) is 12.1 Å². The van der Waals surface area contributed by atoms with Gasteiger partial charge in [0.15, 0.2) is 11.6 Å². The second kappa shape index (κ2) is 10.3. The molecule has 1 N–H and O–H groups in total. The monoisotopic (exact) mass is 418 g/mol. The quantitative estimate of drug-likeness (QED) is 0.716. The van der Waals surface area contributed by atoms with Gasteiger partial charge in [-0.25, -0.2) is 4.39 Å². The summed E-state index contributed by atoms with van der Waals surface area (Å²) in [5.41, 5.74) is 0.945. The number of benzene rings is 1. The van der Waals surface area contributed by atoms with Gasteiger partial charge in [0.1, 0.15) is 0 Å². The Morgan fingerprint density at radius 3 is 2.60 bits per heavy atom. The van der Waals surface area contributed by atoms with Crippen molar-refractivity contribution < 1.29 is 9.13 Å². The predicted octanol–water partition coefficient (Wildman–Crippen LogP) is 4.24. The molecule has 0 bridgehead atoms. The molecule has 2 unspecified atom stereocenters. The molecule has 6 heteroatoms. The highest BCUT2D eigenvalue weighted by Gasteiger charge is 2.34. The van der Waals surface area contributed by atoms with Crippen LogP contribution in [0.2, 0.25) is 0 Å². The summed E-state index contributed by atoms with van der Waals surface area (Å²) < 4.78 is 19.6. The van der Waals surface area contributed by atoms with Crippen LogP contribution in [0.5, 0.6) is 5.75 Å². The molecule has 3 aliphatic rings. The Morgan fingerprint density at radius 2 is 1.93 bits per heavy atom. The number of hydrogen-bond acceptors (Lipinski definition) is 5. The van der Waals surface area contributed by atoms with Crippen LogP contribution in [0.15, 0.2) is 18.2 Å². The Kier molecular flexibility index (Phi) is 7.50. The lowest BCUT2D eigenvalue weighted by molar-refractivity contribution is 0.0280. The van der Waals surface area contributed by atoms with Crippen LogP contribution in [-0.2, 0) is 0 Å². The van der Waals surface area contributed by atoms with Crippen molar-refractivity contribution in [2.45, 2.75) is 70.4 Å². The van der Waals surface area contributed by atoms with Crippen LogP contribution < -0.4 is 15.0 Å². The van der Waals surface area contributed by atoms with Crippen LogP contribution in [0.4, 0.5) is 10.1 Å². The number of nitrogens with one attached hydrogen (secondary N) is 1. The first-order valence-electron chi connectivity index (χ1n) is 12.0. The summed E-state index contributed by atoms with van der Waals surface area (Å²) in [7, 11) is 1.52. The van der Waals surface area contributed by atoms with Crippen LogP contribution in [0.1, 0.15) is 58.3 Å². The van der Waals surface area contributed by atoms with Gasteiger partial charge in [-0.2, -0.15) is 0 Å². The molecular formula is C24H39FN4O. The zero-order chi connectivity index (χ0) is 20.9.